The molecule has 2 aliphatic carbocycles. The molecule has 0 saturated heterocycles. The number of nitrogens with one attached hydrogen (secondary N) is 2. The van der Waals surface area contributed by atoms with E-state index in [-0.39, 0.29) is 0 Å². The van der Waals surface area contributed by atoms with Crippen LogP contribution in [0.5, 0.6) is 0 Å². The number of hydrogen-bond acceptors (Lipinski definition) is 2. The number of allylic oxidation sites excluding steroid dienone is 1. The second-order valence-electron chi connectivity index (χ2n) is 6.91. The Morgan fingerprint density at radius 3 is 2.80 bits per heavy atom. The molecule has 3 nitrogen and oxygen atoms in total. The third-order valence-corrected chi connectivity index (χ3v) is 5.58. The predicted octanol–water partition coefficient (Wildman–Crippen LogP) is 1.64. The van der Waals surface area contributed by atoms with Crippen LogP contribution in [0.2, 0.25) is 0 Å². The summed E-state index contributed by atoms with van der Waals surface area (Å²) in [5.41, 5.74) is 9.30. The van der Waals surface area contributed by atoms with E-state index < -0.39 is 0 Å². The zero-order valence-corrected chi connectivity index (χ0v) is 13.0. The smallest absolute Gasteiger partial charge is 0.291 e. The SMILES string of the molecule is CCCC[C@@H]1C2=C3[C@@H](CC[C@@H]3[NH+]=C(N)N2)C[C@H]1CCC. The maximum Gasteiger partial charge on any atom is 0.346 e. The molecule has 4 atom stereocenters. The summed E-state index contributed by atoms with van der Waals surface area (Å²) in [7, 11) is 0. The van der Waals surface area contributed by atoms with Crippen LogP contribution in [-0.2, 0) is 0 Å². The lowest BCUT2D eigenvalue weighted by Gasteiger charge is -2.38. The van der Waals surface area contributed by atoms with Crippen molar-refractivity contribution in [3.8, 4) is 0 Å². The third kappa shape index (κ3) is 2.36. The molecule has 0 bridgehead atoms. The van der Waals surface area contributed by atoms with E-state index in [0.717, 1.165) is 23.7 Å². The van der Waals surface area contributed by atoms with Crippen molar-refractivity contribution in [1.82, 2.24) is 5.32 Å². The number of rotatable bonds is 5. The molecule has 3 heteroatoms. The summed E-state index contributed by atoms with van der Waals surface area (Å²) in [6.45, 7) is 4.63. The van der Waals surface area contributed by atoms with Crippen molar-refractivity contribution in [3.05, 3.63) is 11.3 Å². The zero-order chi connectivity index (χ0) is 14.1. The van der Waals surface area contributed by atoms with Gasteiger partial charge in [-0.05, 0) is 43.9 Å². The van der Waals surface area contributed by atoms with Gasteiger partial charge in [-0.3, -0.25) is 10.7 Å². The van der Waals surface area contributed by atoms with Crippen molar-refractivity contribution in [3.63, 3.8) is 0 Å². The van der Waals surface area contributed by atoms with Gasteiger partial charge in [0.05, 0.1) is 11.7 Å². The quantitative estimate of drug-likeness (QED) is 0.715. The minimum Gasteiger partial charge on any atom is -0.291 e. The highest BCUT2D eigenvalue weighted by atomic mass is 15.1. The Hall–Kier alpha value is -0.990. The molecule has 3 rings (SSSR count). The highest BCUT2D eigenvalue weighted by molar-refractivity contribution is 5.75. The van der Waals surface area contributed by atoms with Gasteiger partial charge in [0.15, 0.2) is 0 Å². The molecule has 0 aromatic heterocycles. The van der Waals surface area contributed by atoms with Crippen LogP contribution >= 0.6 is 0 Å². The van der Waals surface area contributed by atoms with Crippen LogP contribution in [0.15, 0.2) is 11.3 Å². The van der Waals surface area contributed by atoms with E-state index in [2.05, 4.69) is 24.2 Å². The van der Waals surface area contributed by atoms with Gasteiger partial charge in [0.2, 0.25) is 0 Å². The van der Waals surface area contributed by atoms with Crippen molar-refractivity contribution in [2.75, 3.05) is 0 Å². The molecule has 1 aliphatic heterocycles. The molecule has 0 aromatic rings. The fourth-order valence-electron chi connectivity index (χ4n) is 4.77. The molecule has 1 fully saturated rings. The van der Waals surface area contributed by atoms with Crippen LogP contribution in [0.3, 0.4) is 0 Å². The largest absolute Gasteiger partial charge is 0.346 e. The monoisotopic (exact) mass is 276 g/mol. The van der Waals surface area contributed by atoms with Crippen LogP contribution in [0.1, 0.15) is 65.2 Å². The first-order valence-corrected chi connectivity index (χ1v) is 8.64. The van der Waals surface area contributed by atoms with E-state index >= 15 is 0 Å². The summed E-state index contributed by atoms with van der Waals surface area (Å²) in [6, 6.07) is 0.531. The molecule has 1 saturated carbocycles. The fourth-order valence-corrected chi connectivity index (χ4v) is 4.77. The van der Waals surface area contributed by atoms with Crippen LogP contribution in [0.25, 0.3) is 0 Å². The van der Waals surface area contributed by atoms with Gasteiger partial charge in [0.1, 0.15) is 0 Å². The van der Waals surface area contributed by atoms with Crippen LogP contribution < -0.4 is 16.0 Å². The average Bonchev–Trinajstić information content (AvgIpc) is 2.82. The van der Waals surface area contributed by atoms with Crippen LogP contribution in [0, 0.1) is 17.8 Å². The van der Waals surface area contributed by atoms with E-state index in [1.54, 1.807) is 5.57 Å². The topological polar surface area (TPSA) is 52.0 Å². The van der Waals surface area contributed by atoms with Gasteiger partial charge in [-0.1, -0.05) is 33.1 Å². The molecule has 0 spiro atoms. The summed E-state index contributed by atoms with van der Waals surface area (Å²) < 4.78 is 0. The molecule has 0 unspecified atom stereocenters. The minimum absolute atomic E-state index is 0.531. The first kappa shape index (κ1) is 14.0. The first-order valence-electron chi connectivity index (χ1n) is 8.64. The number of guanidine groups is 1. The van der Waals surface area contributed by atoms with E-state index in [1.165, 1.54) is 57.1 Å². The molecule has 4 N–H and O–H groups in total. The van der Waals surface area contributed by atoms with Gasteiger partial charge in [-0.15, -0.1) is 0 Å². The van der Waals surface area contributed by atoms with E-state index in [4.69, 9.17) is 5.73 Å². The normalized spacial score (nSPS) is 35.6. The fraction of sp³-hybridized carbons (Fsp3) is 0.824. The van der Waals surface area contributed by atoms with Crippen molar-refractivity contribution < 1.29 is 4.99 Å². The second-order valence-corrected chi connectivity index (χ2v) is 6.91. The lowest BCUT2D eigenvalue weighted by Crippen LogP contribution is -2.86. The predicted molar refractivity (Wildman–Crippen MR) is 82.9 cm³/mol. The lowest BCUT2D eigenvalue weighted by atomic mass is 9.69. The van der Waals surface area contributed by atoms with Crippen molar-refractivity contribution in [1.29, 1.82) is 0 Å². The van der Waals surface area contributed by atoms with Crippen molar-refractivity contribution in [2.45, 2.75) is 71.3 Å². The molecule has 20 heavy (non-hydrogen) atoms. The maximum atomic E-state index is 6.10. The number of nitrogens with two attached hydrogens (primary N) is 1. The number of unbranched alkanes of at least 4 members (excludes halogenated alkanes) is 1. The number of hydrogen-bond donors (Lipinski definition) is 3. The Kier molecular flexibility index (Phi) is 4.04. The first-order chi connectivity index (χ1) is 9.74. The molecule has 1 heterocycles. The maximum absolute atomic E-state index is 6.10. The van der Waals surface area contributed by atoms with Crippen LogP contribution in [-0.4, -0.2) is 12.0 Å². The second kappa shape index (κ2) is 5.79. The highest BCUT2D eigenvalue weighted by Gasteiger charge is 2.46. The molecule has 0 aromatic carbocycles. The molecule has 3 aliphatic rings. The Morgan fingerprint density at radius 1 is 1.20 bits per heavy atom. The van der Waals surface area contributed by atoms with Gasteiger partial charge in [0.25, 0.3) is 0 Å². The third-order valence-electron chi connectivity index (χ3n) is 5.58. The van der Waals surface area contributed by atoms with Gasteiger partial charge >= 0.3 is 5.96 Å². The van der Waals surface area contributed by atoms with Gasteiger partial charge in [-0.2, -0.15) is 0 Å². The summed E-state index contributed by atoms with van der Waals surface area (Å²) in [5.74, 6) is 3.19. The van der Waals surface area contributed by atoms with E-state index in [9.17, 15) is 0 Å². The zero-order valence-electron chi connectivity index (χ0n) is 13.0. The summed E-state index contributed by atoms with van der Waals surface area (Å²) in [6.07, 6.45) is 10.7. The Labute approximate surface area is 123 Å². The average molecular weight is 276 g/mol. The van der Waals surface area contributed by atoms with E-state index in [1.807, 2.05) is 0 Å². The molecular formula is C17H30N3+. The Morgan fingerprint density at radius 2 is 2.05 bits per heavy atom. The van der Waals surface area contributed by atoms with Gasteiger partial charge < -0.3 is 0 Å². The van der Waals surface area contributed by atoms with E-state index in [0.29, 0.717) is 6.04 Å². The Balaban J connectivity index is 1.90. The molecule has 112 valence electrons. The summed E-state index contributed by atoms with van der Waals surface area (Å²) in [4.78, 5) is 3.46. The van der Waals surface area contributed by atoms with Crippen molar-refractivity contribution in [2.24, 2.45) is 23.5 Å². The standard InChI is InChI=1S/C17H29N3/c1-3-5-7-13-11(6-4-2)10-12-8-9-14-15(12)16(13)20-17(18)19-14/h11-14H,3-10H2,1-2H3,(H3,18,19,20)/p+1/t11-,12+,13+,14+/m1/s1. The highest BCUT2D eigenvalue weighted by Crippen LogP contribution is 2.48. The lowest BCUT2D eigenvalue weighted by molar-refractivity contribution is -0.495. The Bertz CT molecular complexity index is 424. The van der Waals surface area contributed by atoms with Crippen LogP contribution in [0.4, 0.5) is 0 Å². The molecule has 0 amide bonds. The molecular weight excluding hydrogens is 246 g/mol. The van der Waals surface area contributed by atoms with Crippen molar-refractivity contribution >= 4 is 5.96 Å². The summed E-state index contributed by atoms with van der Waals surface area (Å²) in [5, 5.41) is 3.53. The van der Waals surface area contributed by atoms with Gasteiger partial charge in [0, 0.05) is 11.5 Å². The summed E-state index contributed by atoms with van der Waals surface area (Å²) >= 11 is 0. The van der Waals surface area contributed by atoms with Gasteiger partial charge in [-0.25, -0.2) is 5.32 Å². The minimum atomic E-state index is 0.531. The molecule has 0 radical (unpaired) electrons.